The second-order valence-corrected chi connectivity index (χ2v) is 5.65. The molecule has 0 heterocycles. The van der Waals surface area contributed by atoms with E-state index in [1.165, 1.54) is 38.5 Å². The first-order valence-corrected chi connectivity index (χ1v) is 7.99. The van der Waals surface area contributed by atoms with E-state index in [9.17, 15) is 0 Å². The Morgan fingerprint density at radius 2 is 1.80 bits per heavy atom. The number of thiocarbonyl (C=S) groups is 1. The highest BCUT2D eigenvalue weighted by Crippen LogP contribution is 2.18. The minimum Gasteiger partial charge on any atom is -0.494 e. The minimum absolute atomic E-state index is 0.528. The maximum atomic E-state index is 5.42. The van der Waals surface area contributed by atoms with Gasteiger partial charge in [-0.15, -0.1) is 0 Å². The van der Waals surface area contributed by atoms with E-state index in [4.69, 9.17) is 17.0 Å². The summed E-state index contributed by atoms with van der Waals surface area (Å²) in [6.07, 6.45) is 7.79. The fourth-order valence-electron chi connectivity index (χ4n) is 2.58. The van der Waals surface area contributed by atoms with Crippen LogP contribution in [0.25, 0.3) is 0 Å². The van der Waals surface area contributed by atoms with E-state index in [-0.39, 0.29) is 0 Å². The Bertz CT molecular complexity index is 411. The molecule has 1 aliphatic carbocycles. The van der Waals surface area contributed by atoms with Gasteiger partial charge in [-0.25, -0.2) is 0 Å². The van der Waals surface area contributed by atoms with E-state index in [1.807, 2.05) is 31.2 Å². The number of nitrogens with one attached hydrogen (secondary N) is 2. The molecular formula is C16H24N2OS. The lowest BCUT2D eigenvalue weighted by atomic mass is 10.1. The fraction of sp³-hybridized carbons (Fsp3) is 0.562. The monoisotopic (exact) mass is 292 g/mol. The zero-order valence-corrected chi connectivity index (χ0v) is 13.0. The summed E-state index contributed by atoms with van der Waals surface area (Å²) in [6, 6.07) is 8.43. The van der Waals surface area contributed by atoms with Crippen LogP contribution in [0.4, 0.5) is 5.69 Å². The van der Waals surface area contributed by atoms with Crippen molar-refractivity contribution in [3.63, 3.8) is 0 Å². The molecule has 0 spiro atoms. The summed E-state index contributed by atoms with van der Waals surface area (Å²) < 4.78 is 5.42. The van der Waals surface area contributed by atoms with Crippen molar-refractivity contribution in [2.45, 2.75) is 51.5 Å². The fourth-order valence-corrected chi connectivity index (χ4v) is 2.86. The number of anilines is 1. The molecule has 2 N–H and O–H groups in total. The number of hydrogen-bond donors (Lipinski definition) is 2. The Labute approximate surface area is 127 Å². The maximum Gasteiger partial charge on any atom is 0.170 e. The van der Waals surface area contributed by atoms with Crippen molar-refractivity contribution in [1.29, 1.82) is 0 Å². The predicted molar refractivity (Wildman–Crippen MR) is 88.5 cm³/mol. The van der Waals surface area contributed by atoms with Gasteiger partial charge < -0.3 is 15.4 Å². The van der Waals surface area contributed by atoms with Crippen LogP contribution in [0.5, 0.6) is 5.75 Å². The van der Waals surface area contributed by atoms with Crippen LogP contribution in [0.3, 0.4) is 0 Å². The summed E-state index contributed by atoms with van der Waals surface area (Å²) in [5.41, 5.74) is 1.000. The number of rotatable bonds is 4. The molecule has 1 fully saturated rings. The summed E-state index contributed by atoms with van der Waals surface area (Å²) in [7, 11) is 0. The van der Waals surface area contributed by atoms with Crippen LogP contribution in [-0.2, 0) is 0 Å². The highest BCUT2D eigenvalue weighted by atomic mass is 32.1. The molecule has 2 rings (SSSR count). The van der Waals surface area contributed by atoms with Gasteiger partial charge in [0.1, 0.15) is 5.75 Å². The SMILES string of the molecule is CCOc1ccc(NC(=S)NC2CCCCCC2)cc1. The van der Waals surface area contributed by atoms with Crippen molar-refractivity contribution in [2.24, 2.45) is 0 Å². The van der Waals surface area contributed by atoms with Gasteiger partial charge in [0.2, 0.25) is 0 Å². The average Bonchev–Trinajstić information content (AvgIpc) is 2.70. The second-order valence-electron chi connectivity index (χ2n) is 5.24. The van der Waals surface area contributed by atoms with Gasteiger partial charge in [0.25, 0.3) is 0 Å². The first-order chi connectivity index (χ1) is 9.78. The molecular weight excluding hydrogens is 268 g/mol. The van der Waals surface area contributed by atoms with Crippen LogP contribution in [0.1, 0.15) is 45.4 Å². The molecule has 0 aromatic heterocycles. The van der Waals surface area contributed by atoms with Crippen LogP contribution in [-0.4, -0.2) is 17.8 Å². The average molecular weight is 292 g/mol. The van der Waals surface area contributed by atoms with Gasteiger partial charge in [0.15, 0.2) is 5.11 Å². The highest BCUT2D eigenvalue weighted by Gasteiger charge is 2.12. The van der Waals surface area contributed by atoms with Gasteiger partial charge in [0.05, 0.1) is 6.61 Å². The Balaban J connectivity index is 1.81. The minimum atomic E-state index is 0.528. The van der Waals surface area contributed by atoms with Crippen molar-refractivity contribution in [3.05, 3.63) is 24.3 Å². The molecule has 110 valence electrons. The summed E-state index contributed by atoms with van der Waals surface area (Å²) in [5.74, 6) is 0.890. The number of hydrogen-bond acceptors (Lipinski definition) is 2. The van der Waals surface area contributed by atoms with Crippen LogP contribution >= 0.6 is 12.2 Å². The summed E-state index contributed by atoms with van der Waals surface area (Å²) in [6.45, 7) is 2.67. The molecule has 0 unspecified atom stereocenters. The normalized spacial score (nSPS) is 16.2. The van der Waals surface area contributed by atoms with Gasteiger partial charge in [-0.1, -0.05) is 25.7 Å². The van der Waals surface area contributed by atoms with Crippen LogP contribution < -0.4 is 15.4 Å². The quantitative estimate of drug-likeness (QED) is 0.647. The molecule has 3 nitrogen and oxygen atoms in total. The van der Waals surface area contributed by atoms with E-state index in [0.29, 0.717) is 12.6 Å². The molecule has 0 saturated heterocycles. The lowest BCUT2D eigenvalue weighted by Gasteiger charge is -2.19. The third-order valence-electron chi connectivity index (χ3n) is 3.61. The summed E-state index contributed by atoms with van der Waals surface area (Å²) >= 11 is 5.39. The van der Waals surface area contributed by atoms with Gasteiger partial charge in [0, 0.05) is 11.7 Å². The molecule has 0 bridgehead atoms. The van der Waals surface area contributed by atoms with Crippen molar-refractivity contribution in [3.8, 4) is 5.75 Å². The van der Waals surface area contributed by atoms with Crippen molar-refractivity contribution in [1.82, 2.24) is 5.32 Å². The summed E-state index contributed by atoms with van der Waals surface area (Å²) in [5, 5.41) is 7.40. The maximum absolute atomic E-state index is 5.42. The van der Waals surface area contributed by atoms with E-state index >= 15 is 0 Å². The van der Waals surface area contributed by atoms with E-state index in [2.05, 4.69) is 10.6 Å². The van der Waals surface area contributed by atoms with Crippen molar-refractivity contribution >= 4 is 23.0 Å². The Morgan fingerprint density at radius 1 is 1.15 bits per heavy atom. The Kier molecular flexibility index (Phi) is 6.12. The molecule has 1 aromatic carbocycles. The standard InChI is InChI=1S/C16H24N2OS/c1-2-19-15-11-9-14(10-12-15)18-16(20)17-13-7-5-3-4-6-8-13/h9-13H,2-8H2,1H3,(H2,17,18,20). The molecule has 1 saturated carbocycles. The lowest BCUT2D eigenvalue weighted by Crippen LogP contribution is -2.37. The molecule has 1 aliphatic rings. The van der Waals surface area contributed by atoms with E-state index < -0.39 is 0 Å². The number of benzene rings is 1. The highest BCUT2D eigenvalue weighted by molar-refractivity contribution is 7.80. The van der Waals surface area contributed by atoms with Gasteiger partial charge in [-0.05, 0) is 56.2 Å². The van der Waals surface area contributed by atoms with Crippen LogP contribution in [0, 0.1) is 0 Å². The molecule has 0 aliphatic heterocycles. The molecule has 4 heteroatoms. The predicted octanol–water partition coefficient (Wildman–Crippen LogP) is 4.09. The van der Waals surface area contributed by atoms with E-state index in [0.717, 1.165) is 16.5 Å². The van der Waals surface area contributed by atoms with Gasteiger partial charge >= 0.3 is 0 Å². The Morgan fingerprint density at radius 3 is 2.40 bits per heavy atom. The van der Waals surface area contributed by atoms with Gasteiger partial charge in [-0.3, -0.25) is 0 Å². The molecule has 0 amide bonds. The summed E-state index contributed by atoms with van der Waals surface area (Å²) in [4.78, 5) is 0. The first-order valence-electron chi connectivity index (χ1n) is 7.58. The van der Waals surface area contributed by atoms with Crippen LogP contribution in [0.15, 0.2) is 24.3 Å². The van der Waals surface area contributed by atoms with Gasteiger partial charge in [-0.2, -0.15) is 0 Å². The van der Waals surface area contributed by atoms with Crippen LogP contribution in [0.2, 0.25) is 0 Å². The molecule has 0 radical (unpaired) electrons. The van der Waals surface area contributed by atoms with Crippen molar-refractivity contribution in [2.75, 3.05) is 11.9 Å². The third kappa shape index (κ3) is 5.00. The largest absolute Gasteiger partial charge is 0.494 e. The zero-order chi connectivity index (χ0) is 14.2. The topological polar surface area (TPSA) is 33.3 Å². The molecule has 20 heavy (non-hydrogen) atoms. The van der Waals surface area contributed by atoms with Crippen molar-refractivity contribution < 1.29 is 4.74 Å². The molecule has 1 aromatic rings. The lowest BCUT2D eigenvalue weighted by molar-refractivity contribution is 0.340. The Hall–Kier alpha value is -1.29. The first kappa shape index (κ1) is 15.1. The second kappa shape index (κ2) is 8.10. The van der Waals surface area contributed by atoms with E-state index in [1.54, 1.807) is 0 Å². The smallest absolute Gasteiger partial charge is 0.170 e. The zero-order valence-electron chi connectivity index (χ0n) is 12.2. The third-order valence-corrected chi connectivity index (χ3v) is 3.83. The molecule has 0 atom stereocenters. The number of ether oxygens (including phenoxy) is 1.